The Kier molecular flexibility index (Phi) is 6.76. The van der Waals surface area contributed by atoms with Gasteiger partial charge in [0.15, 0.2) is 5.78 Å². The molecule has 0 saturated heterocycles. The summed E-state index contributed by atoms with van der Waals surface area (Å²) in [6.07, 6.45) is 3.83. The molecule has 2 aromatic rings. The van der Waals surface area contributed by atoms with E-state index in [1.165, 1.54) is 11.1 Å². The molecule has 1 atom stereocenters. The van der Waals surface area contributed by atoms with E-state index < -0.39 is 0 Å². The largest absolute Gasteiger partial charge is 0.395 e. The van der Waals surface area contributed by atoms with Crippen LogP contribution >= 0.6 is 0 Å². The van der Waals surface area contributed by atoms with Crippen LogP contribution in [0.15, 0.2) is 36.4 Å². The van der Waals surface area contributed by atoms with E-state index in [9.17, 15) is 4.79 Å². The maximum absolute atomic E-state index is 12.4. The molecule has 2 rings (SSSR count). The highest BCUT2D eigenvalue weighted by atomic mass is 16.3. The minimum atomic E-state index is -0.200. The van der Waals surface area contributed by atoms with Crippen molar-refractivity contribution in [3.63, 3.8) is 0 Å². The molecule has 1 aromatic carbocycles. The fourth-order valence-corrected chi connectivity index (χ4v) is 2.84. The van der Waals surface area contributed by atoms with Crippen molar-refractivity contribution in [1.29, 1.82) is 0 Å². The number of Topliss-reactive ketones (excluding diaryl/α,β-unsaturated/α-hetero) is 1. The second-order valence-corrected chi connectivity index (χ2v) is 6.51. The van der Waals surface area contributed by atoms with Crippen LogP contribution in [0.25, 0.3) is 0 Å². The van der Waals surface area contributed by atoms with Gasteiger partial charge in [-0.15, -0.1) is 0 Å². The Hall–Kier alpha value is -1.91. The van der Waals surface area contributed by atoms with Gasteiger partial charge in [-0.25, -0.2) is 0 Å². The van der Waals surface area contributed by atoms with Gasteiger partial charge in [-0.05, 0) is 50.3 Å². The smallest absolute Gasteiger partial charge is 0.179 e. The third-order valence-electron chi connectivity index (χ3n) is 4.51. The second kappa shape index (κ2) is 8.81. The van der Waals surface area contributed by atoms with Gasteiger partial charge in [-0.2, -0.15) is 0 Å². The highest BCUT2D eigenvalue weighted by molar-refractivity contribution is 5.94. The summed E-state index contributed by atoms with van der Waals surface area (Å²) >= 11 is 0. The van der Waals surface area contributed by atoms with Gasteiger partial charge >= 0.3 is 0 Å². The lowest BCUT2D eigenvalue weighted by molar-refractivity contribution is 0.0972. The zero-order valence-corrected chi connectivity index (χ0v) is 14.7. The first-order valence-electron chi connectivity index (χ1n) is 8.61. The van der Waals surface area contributed by atoms with Gasteiger partial charge in [-0.3, -0.25) is 4.79 Å². The van der Waals surface area contributed by atoms with Crippen molar-refractivity contribution >= 4 is 5.78 Å². The number of hydrogen-bond acceptors (Lipinski definition) is 3. The summed E-state index contributed by atoms with van der Waals surface area (Å²) in [7, 11) is 1.92. The van der Waals surface area contributed by atoms with Gasteiger partial charge in [0.1, 0.15) is 0 Å². The number of carbonyl (C=O) groups is 1. The highest BCUT2D eigenvalue weighted by Crippen LogP contribution is 2.14. The predicted octanol–water partition coefficient (Wildman–Crippen LogP) is 2.79. The van der Waals surface area contributed by atoms with E-state index >= 15 is 0 Å². The molecule has 4 heteroatoms. The average molecular weight is 328 g/mol. The molecular weight excluding hydrogens is 300 g/mol. The first-order valence-corrected chi connectivity index (χ1v) is 8.61. The normalized spacial score (nSPS) is 12.3. The van der Waals surface area contributed by atoms with Gasteiger partial charge in [0.05, 0.1) is 12.3 Å². The molecule has 1 unspecified atom stereocenters. The van der Waals surface area contributed by atoms with Crippen LogP contribution in [-0.4, -0.2) is 28.1 Å². The second-order valence-electron chi connectivity index (χ2n) is 6.51. The summed E-state index contributed by atoms with van der Waals surface area (Å²) in [5.41, 5.74) is 10.1. The SMILES string of the molecule is Cc1ccc(CCCC(=O)c2ccc(CCC(N)CO)n2C)cc1. The van der Waals surface area contributed by atoms with Crippen molar-refractivity contribution in [3.8, 4) is 0 Å². The van der Waals surface area contributed by atoms with E-state index in [4.69, 9.17) is 10.8 Å². The Morgan fingerprint density at radius 3 is 2.54 bits per heavy atom. The van der Waals surface area contributed by atoms with Gasteiger partial charge in [0.2, 0.25) is 0 Å². The Morgan fingerprint density at radius 1 is 1.17 bits per heavy atom. The monoisotopic (exact) mass is 328 g/mol. The number of rotatable bonds is 9. The van der Waals surface area contributed by atoms with Crippen molar-refractivity contribution in [2.45, 2.75) is 45.1 Å². The molecule has 1 heterocycles. The first kappa shape index (κ1) is 18.4. The average Bonchev–Trinajstić information content (AvgIpc) is 2.95. The van der Waals surface area contributed by atoms with Gasteiger partial charge in [-0.1, -0.05) is 29.8 Å². The number of carbonyl (C=O) groups excluding carboxylic acids is 1. The van der Waals surface area contributed by atoms with Crippen LogP contribution in [0.3, 0.4) is 0 Å². The third kappa shape index (κ3) is 5.05. The van der Waals surface area contributed by atoms with Crippen molar-refractivity contribution in [2.75, 3.05) is 6.61 Å². The summed E-state index contributed by atoms with van der Waals surface area (Å²) < 4.78 is 1.96. The fourth-order valence-electron chi connectivity index (χ4n) is 2.84. The summed E-state index contributed by atoms with van der Waals surface area (Å²) in [4.78, 5) is 12.4. The molecule has 0 amide bonds. The molecular formula is C20H28N2O2. The lowest BCUT2D eigenvalue weighted by Crippen LogP contribution is -2.25. The van der Waals surface area contributed by atoms with Crippen molar-refractivity contribution in [3.05, 3.63) is 58.9 Å². The van der Waals surface area contributed by atoms with Gasteiger partial charge < -0.3 is 15.4 Å². The number of aromatic nitrogens is 1. The number of benzene rings is 1. The van der Waals surface area contributed by atoms with E-state index in [0.717, 1.165) is 37.1 Å². The van der Waals surface area contributed by atoms with Crippen LogP contribution in [0.2, 0.25) is 0 Å². The molecule has 1 aromatic heterocycles. The summed E-state index contributed by atoms with van der Waals surface area (Å²) in [5.74, 6) is 0.183. The quantitative estimate of drug-likeness (QED) is 0.696. The molecule has 0 fully saturated rings. The molecule has 0 aliphatic carbocycles. The minimum Gasteiger partial charge on any atom is -0.395 e. The predicted molar refractivity (Wildman–Crippen MR) is 97.2 cm³/mol. The molecule has 0 spiro atoms. The first-order chi connectivity index (χ1) is 11.5. The zero-order chi connectivity index (χ0) is 17.5. The third-order valence-corrected chi connectivity index (χ3v) is 4.51. The van der Waals surface area contributed by atoms with E-state index in [0.29, 0.717) is 6.42 Å². The summed E-state index contributed by atoms with van der Waals surface area (Å²) in [6, 6.07) is 12.2. The topological polar surface area (TPSA) is 68.2 Å². The number of aliphatic hydroxyl groups excluding tert-OH is 1. The Labute approximate surface area is 144 Å². The number of aryl methyl sites for hydroxylation is 3. The lowest BCUT2D eigenvalue weighted by atomic mass is 10.0. The van der Waals surface area contributed by atoms with Gasteiger partial charge in [0, 0.05) is 25.2 Å². The molecule has 0 bridgehead atoms. The highest BCUT2D eigenvalue weighted by Gasteiger charge is 2.13. The maximum atomic E-state index is 12.4. The molecule has 3 N–H and O–H groups in total. The molecule has 0 aliphatic heterocycles. The fraction of sp³-hybridized carbons (Fsp3) is 0.450. The van der Waals surface area contributed by atoms with Crippen LogP contribution in [0.1, 0.15) is 46.6 Å². The van der Waals surface area contributed by atoms with Crippen LogP contribution in [0.5, 0.6) is 0 Å². The zero-order valence-electron chi connectivity index (χ0n) is 14.7. The number of nitrogens with two attached hydrogens (primary N) is 1. The molecule has 130 valence electrons. The molecule has 0 radical (unpaired) electrons. The van der Waals surface area contributed by atoms with E-state index in [1.807, 2.05) is 23.7 Å². The molecule has 24 heavy (non-hydrogen) atoms. The summed E-state index contributed by atoms with van der Waals surface area (Å²) in [5, 5.41) is 9.00. The van der Waals surface area contributed by atoms with Crippen molar-refractivity contribution in [2.24, 2.45) is 12.8 Å². The van der Waals surface area contributed by atoms with Crippen molar-refractivity contribution in [1.82, 2.24) is 4.57 Å². The minimum absolute atomic E-state index is 0.00474. The van der Waals surface area contributed by atoms with Crippen molar-refractivity contribution < 1.29 is 9.90 Å². The Bertz CT molecular complexity index is 659. The van der Waals surface area contributed by atoms with E-state index in [-0.39, 0.29) is 18.4 Å². The maximum Gasteiger partial charge on any atom is 0.179 e. The Balaban J connectivity index is 1.86. The number of nitrogens with zero attached hydrogens (tertiary/aromatic N) is 1. The van der Waals surface area contributed by atoms with Crippen LogP contribution in [0, 0.1) is 6.92 Å². The van der Waals surface area contributed by atoms with E-state index in [2.05, 4.69) is 31.2 Å². The van der Waals surface area contributed by atoms with Gasteiger partial charge in [0.25, 0.3) is 0 Å². The molecule has 4 nitrogen and oxygen atoms in total. The van der Waals surface area contributed by atoms with Crippen LogP contribution in [-0.2, 0) is 19.9 Å². The lowest BCUT2D eigenvalue weighted by Gasteiger charge is -2.10. The van der Waals surface area contributed by atoms with Crippen LogP contribution < -0.4 is 5.73 Å². The standard InChI is InChI=1S/C20H28N2O2/c1-15-6-8-16(9-7-15)4-3-5-20(24)19-13-12-18(22(19)2)11-10-17(21)14-23/h6-9,12-13,17,23H,3-5,10-11,14,21H2,1-2H3. The number of aliphatic hydroxyl groups is 1. The Morgan fingerprint density at radius 2 is 1.88 bits per heavy atom. The summed E-state index contributed by atoms with van der Waals surface area (Å²) in [6.45, 7) is 2.07. The van der Waals surface area contributed by atoms with Crippen LogP contribution in [0.4, 0.5) is 0 Å². The molecule has 0 aliphatic rings. The number of ketones is 1. The number of hydrogen-bond donors (Lipinski definition) is 2. The van der Waals surface area contributed by atoms with E-state index in [1.54, 1.807) is 0 Å². The molecule has 0 saturated carbocycles.